The van der Waals surface area contributed by atoms with E-state index in [1.807, 2.05) is 19.9 Å². The van der Waals surface area contributed by atoms with Crippen molar-refractivity contribution in [3.63, 3.8) is 0 Å². The van der Waals surface area contributed by atoms with Crippen molar-refractivity contribution in [1.82, 2.24) is 20.6 Å². The van der Waals surface area contributed by atoms with E-state index in [2.05, 4.69) is 36.5 Å². The minimum atomic E-state index is -0.425. The Balaban J connectivity index is 2.30. The molecule has 2 aromatic rings. The molecule has 0 spiro atoms. The van der Waals surface area contributed by atoms with E-state index in [1.165, 1.54) is 6.20 Å². The molecule has 1 amide bonds. The Labute approximate surface area is 141 Å². The van der Waals surface area contributed by atoms with Gasteiger partial charge in [0.15, 0.2) is 11.5 Å². The Morgan fingerprint density at radius 2 is 2.30 bits per heavy atom. The van der Waals surface area contributed by atoms with Crippen molar-refractivity contribution in [3.8, 4) is 6.07 Å². The van der Waals surface area contributed by atoms with Gasteiger partial charge in [0, 0.05) is 18.8 Å². The predicted octanol–water partition coefficient (Wildman–Crippen LogP) is 2.21. The summed E-state index contributed by atoms with van der Waals surface area (Å²) in [5.41, 5.74) is 2.90. The molecule has 2 aromatic heterocycles. The highest BCUT2D eigenvalue weighted by molar-refractivity contribution is 9.10. The molecule has 9 heteroatoms. The fourth-order valence-corrected chi connectivity index (χ4v) is 2.21. The van der Waals surface area contributed by atoms with Gasteiger partial charge in [-0.2, -0.15) is 10.2 Å². The van der Waals surface area contributed by atoms with Gasteiger partial charge in [-0.3, -0.25) is 15.2 Å². The lowest BCUT2D eigenvalue weighted by atomic mass is 10.2. The average Bonchev–Trinajstić information content (AvgIpc) is 2.93. The quantitative estimate of drug-likeness (QED) is 0.794. The van der Waals surface area contributed by atoms with Gasteiger partial charge in [0.05, 0.1) is 4.47 Å². The summed E-state index contributed by atoms with van der Waals surface area (Å²) >= 11 is 3.34. The van der Waals surface area contributed by atoms with Crippen molar-refractivity contribution >= 4 is 27.7 Å². The highest BCUT2D eigenvalue weighted by Crippen LogP contribution is 2.22. The third-order valence-corrected chi connectivity index (χ3v) is 3.29. The summed E-state index contributed by atoms with van der Waals surface area (Å²) in [5, 5.41) is 14.2. The van der Waals surface area contributed by atoms with Crippen LogP contribution >= 0.6 is 15.9 Å². The first-order valence-electron chi connectivity index (χ1n) is 6.85. The van der Waals surface area contributed by atoms with E-state index in [4.69, 9.17) is 9.78 Å². The van der Waals surface area contributed by atoms with Crippen molar-refractivity contribution in [2.45, 2.75) is 20.8 Å². The van der Waals surface area contributed by atoms with E-state index in [0.29, 0.717) is 22.6 Å². The summed E-state index contributed by atoms with van der Waals surface area (Å²) in [6.45, 7) is 6.19. The highest BCUT2D eigenvalue weighted by atomic mass is 79.9. The lowest BCUT2D eigenvalue weighted by Gasteiger charge is -2.26. The fraction of sp³-hybridized carbons (Fsp3) is 0.357. The molecule has 8 nitrogen and oxygen atoms in total. The number of hydrogen-bond acceptors (Lipinski definition) is 7. The monoisotopic (exact) mass is 378 g/mol. The number of nitriles is 1. The molecule has 0 aliphatic heterocycles. The Morgan fingerprint density at radius 3 is 2.87 bits per heavy atom. The van der Waals surface area contributed by atoms with Crippen LogP contribution in [-0.4, -0.2) is 27.6 Å². The van der Waals surface area contributed by atoms with Crippen LogP contribution in [0.2, 0.25) is 0 Å². The maximum absolute atomic E-state index is 12.3. The Bertz CT molecular complexity index is 752. The molecule has 1 N–H and O–H groups in total. The number of hydrogen-bond donors (Lipinski definition) is 1. The van der Waals surface area contributed by atoms with Crippen LogP contribution in [-0.2, 0) is 0 Å². The first-order valence-corrected chi connectivity index (χ1v) is 7.64. The number of aromatic nitrogens is 3. The third kappa shape index (κ3) is 4.26. The van der Waals surface area contributed by atoms with Crippen molar-refractivity contribution in [2.75, 3.05) is 11.6 Å². The van der Waals surface area contributed by atoms with Crippen LogP contribution in [0.15, 0.2) is 21.3 Å². The molecule has 0 atom stereocenters. The van der Waals surface area contributed by atoms with Crippen LogP contribution in [0, 0.1) is 24.2 Å². The number of nitrogens with zero attached hydrogens (tertiary/aromatic N) is 5. The average molecular weight is 379 g/mol. The Kier molecular flexibility index (Phi) is 5.28. The Morgan fingerprint density at radius 1 is 1.57 bits per heavy atom. The van der Waals surface area contributed by atoms with Crippen LogP contribution in [0.1, 0.15) is 35.9 Å². The molecular formula is C14H15BrN6O2. The summed E-state index contributed by atoms with van der Waals surface area (Å²) in [6, 6.07) is 3.42. The highest BCUT2D eigenvalue weighted by Gasteiger charge is 2.20. The lowest BCUT2D eigenvalue weighted by Crippen LogP contribution is -2.45. The van der Waals surface area contributed by atoms with Crippen LogP contribution in [0.5, 0.6) is 0 Å². The molecular weight excluding hydrogens is 364 g/mol. The lowest BCUT2D eigenvalue weighted by molar-refractivity contribution is 0.0938. The molecule has 0 unspecified atom stereocenters. The summed E-state index contributed by atoms with van der Waals surface area (Å²) < 4.78 is 5.47. The summed E-state index contributed by atoms with van der Waals surface area (Å²) in [5.74, 6) is 0.774. The molecule has 0 fully saturated rings. The SMILES string of the molecule is Cc1cc(C(=O)NN(CC(C)C)c2nc(C#N)ncc2Br)no1. The smallest absolute Gasteiger partial charge is 0.292 e. The van der Waals surface area contributed by atoms with E-state index in [1.54, 1.807) is 18.0 Å². The maximum Gasteiger partial charge on any atom is 0.292 e. The summed E-state index contributed by atoms with van der Waals surface area (Å²) in [4.78, 5) is 20.3. The number of carbonyl (C=O) groups excluding carboxylic acids is 1. The zero-order valence-electron chi connectivity index (χ0n) is 12.9. The van der Waals surface area contributed by atoms with Crippen LogP contribution in [0.4, 0.5) is 5.82 Å². The third-order valence-electron chi connectivity index (χ3n) is 2.73. The Hall–Kier alpha value is -2.47. The maximum atomic E-state index is 12.3. The topological polar surface area (TPSA) is 108 Å². The van der Waals surface area contributed by atoms with E-state index in [9.17, 15) is 4.79 Å². The molecule has 23 heavy (non-hydrogen) atoms. The van der Waals surface area contributed by atoms with Gasteiger partial charge in [-0.15, -0.1) is 0 Å². The summed E-state index contributed by atoms with van der Waals surface area (Å²) in [7, 11) is 0. The zero-order valence-corrected chi connectivity index (χ0v) is 14.5. The number of aryl methyl sites for hydroxylation is 1. The first-order chi connectivity index (χ1) is 10.9. The summed E-state index contributed by atoms with van der Waals surface area (Å²) in [6.07, 6.45) is 1.47. The van der Waals surface area contributed by atoms with Gasteiger partial charge in [0.25, 0.3) is 5.91 Å². The van der Waals surface area contributed by atoms with E-state index < -0.39 is 5.91 Å². The molecule has 0 aliphatic carbocycles. The molecule has 0 bridgehead atoms. The zero-order chi connectivity index (χ0) is 17.0. The normalized spacial score (nSPS) is 10.4. The number of rotatable bonds is 5. The van der Waals surface area contributed by atoms with Crippen LogP contribution in [0.3, 0.4) is 0 Å². The van der Waals surface area contributed by atoms with Gasteiger partial charge in [-0.05, 0) is 28.8 Å². The molecule has 0 saturated heterocycles. The van der Waals surface area contributed by atoms with Gasteiger partial charge in [0.1, 0.15) is 11.8 Å². The molecule has 0 radical (unpaired) electrons. The van der Waals surface area contributed by atoms with Crippen molar-refractivity contribution in [2.24, 2.45) is 5.92 Å². The molecule has 0 saturated carbocycles. The van der Waals surface area contributed by atoms with Crippen molar-refractivity contribution in [3.05, 3.63) is 34.0 Å². The minimum absolute atomic E-state index is 0.0171. The fourth-order valence-electron chi connectivity index (χ4n) is 1.80. The van der Waals surface area contributed by atoms with E-state index in [0.717, 1.165) is 0 Å². The molecule has 120 valence electrons. The number of nitrogens with one attached hydrogen (secondary N) is 1. The second-order valence-electron chi connectivity index (χ2n) is 5.25. The number of halogens is 1. The van der Waals surface area contributed by atoms with Gasteiger partial charge >= 0.3 is 0 Å². The molecule has 0 aromatic carbocycles. The first kappa shape index (κ1) is 16.9. The van der Waals surface area contributed by atoms with Gasteiger partial charge in [-0.25, -0.2) is 4.98 Å². The van der Waals surface area contributed by atoms with E-state index >= 15 is 0 Å². The number of anilines is 1. The second kappa shape index (κ2) is 7.19. The molecule has 0 aliphatic rings. The standard InChI is InChI=1S/C14H15BrN6O2/c1-8(2)7-21(13-10(15)6-17-12(5-16)18-13)19-14(22)11-4-9(3)23-20-11/h4,6,8H,7H2,1-3H3,(H,19,22). The van der Waals surface area contributed by atoms with Gasteiger partial charge in [-0.1, -0.05) is 19.0 Å². The van der Waals surface area contributed by atoms with Crippen molar-refractivity contribution < 1.29 is 9.32 Å². The van der Waals surface area contributed by atoms with Crippen LogP contribution in [0.25, 0.3) is 0 Å². The second-order valence-corrected chi connectivity index (χ2v) is 6.10. The predicted molar refractivity (Wildman–Crippen MR) is 85.3 cm³/mol. The van der Waals surface area contributed by atoms with E-state index in [-0.39, 0.29) is 17.4 Å². The largest absolute Gasteiger partial charge is 0.361 e. The molecule has 2 heterocycles. The number of hydrazine groups is 1. The van der Waals surface area contributed by atoms with Gasteiger partial charge < -0.3 is 4.52 Å². The minimum Gasteiger partial charge on any atom is -0.361 e. The van der Waals surface area contributed by atoms with Crippen LogP contribution < -0.4 is 10.4 Å². The number of carbonyl (C=O) groups is 1. The van der Waals surface area contributed by atoms with Crippen molar-refractivity contribution in [1.29, 1.82) is 5.26 Å². The molecule has 2 rings (SSSR count). The number of amides is 1. The van der Waals surface area contributed by atoms with Gasteiger partial charge in [0.2, 0.25) is 5.82 Å².